The smallest absolute Gasteiger partial charge is 0.236 e. The molecule has 0 aliphatic carbocycles. The minimum absolute atomic E-state index is 0.242. The molecule has 0 aliphatic rings. The number of carbonyl (C=O) groups excluding carboxylic acids is 1. The molecule has 0 saturated heterocycles. The van der Waals surface area contributed by atoms with Crippen LogP contribution in [0.3, 0.4) is 0 Å². The average molecular weight is 221 g/mol. The van der Waals surface area contributed by atoms with Crippen molar-refractivity contribution in [1.29, 1.82) is 0 Å². The molecular weight excluding hydrogens is 202 g/mol. The second-order valence-corrected chi connectivity index (χ2v) is 3.97. The van der Waals surface area contributed by atoms with Gasteiger partial charge in [-0.25, -0.2) is 0 Å². The van der Waals surface area contributed by atoms with E-state index in [-0.39, 0.29) is 12.5 Å². The lowest BCUT2D eigenvalue weighted by molar-refractivity contribution is -0.116. The SMILES string of the molecule is CNCc1ccc(N(C)CC(N)=O)c(C)c1. The van der Waals surface area contributed by atoms with Crippen LogP contribution < -0.4 is 16.0 Å². The molecule has 4 heteroatoms. The van der Waals surface area contributed by atoms with Gasteiger partial charge in [0.25, 0.3) is 0 Å². The summed E-state index contributed by atoms with van der Waals surface area (Å²) in [5.41, 5.74) is 8.59. The van der Waals surface area contributed by atoms with E-state index < -0.39 is 0 Å². The van der Waals surface area contributed by atoms with E-state index in [1.54, 1.807) is 0 Å². The number of likely N-dealkylation sites (N-methyl/N-ethyl adjacent to an activating group) is 1. The Kier molecular flexibility index (Phi) is 4.31. The van der Waals surface area contributed by atoms with Gasteiger partial charge in [-0.2, -0.15) is 0 Å². The van der Waals surface area contributed by atoms with Crippen LogP contribution in [0.25, 0.3) is 0 Å². The van der Waals surface area contributed by atoms with Crippen LogP contribution >= 0.6 is 0 Å². The number of nitrogens with zero attached hydrogens (tertiary/aromatic N) is 1. The van der Waals surface area contributed by atoms with Gasteiger partial charge in [0.15, 0.2) is 0 Å². The third-order valence-corrected chi connectivity index (χ3v) is 2.45. The summed E-state index contributed by atoms with van der Waals surface area (Å²) in [4.78, 5) is 12.7. The molecule has 16 heavy (non-hydrogen) atoms. The Hall–Kier alpha value is -1.55. The molecule has 0 fully saturated rings. The van der Waals surface area contributed by atoms with Gasteiger partial charge in [0, 0.05) is 19.3 Å². The maximum absolute atomic E-state index is 10.8. The lowest BCUT2D eigenvalue weighted by Crippen LogP contribution is -2.30. The molecule has 1 rings (SSSR count). The molecule has 0 unspecified atom stereocenters. The van der Waals surface area contributed by atoms with E-state index in [0.29, 0.717) is 0 Å². The minimum atomic E-state index is -0.318. The summed E-state index contributed by atoms with van der Waals surface area (Å²) in [7, 11) is 3.79. The van der Waals surface area contributed by atoms with Crippen molar-refractivity contribution < 1.29 is 4.79 Å². The number of aryl methyl sites for hydroxylation is 1. The zero-order chi connectivity index (χ0) is 12.1. The number of rotatable bonds is 5. The third-order valence-electron chi connectivity index (χ3n) is 2.45. The van der Waals surface area contributed by atoms with Crippen molar-refractivity contribution >= 4 is 11.6 Å². The van der Waals surface area contributed by atoms with Gasteiger partial charge in [-0.1, -0.05) is 12.1 Å². The van der Waals surface area contributed by atoms with Crippen molar-refractivity contribution in [3.8, 4) is 0 Å². The molecule has 0 bridgehead atoms. The van der Waals surface area contributed by atoms with Crippen molar-refractivity contribution in [1.82, 2.24) is 5.32 Å². The molecule has 0 heterocycles. The van der Waals surface area contributed by atoms with E-state index in [1.807, 2.05) is 32.0 Å². The zero-order valence-electron chi connectivity index (χ0n) is 10.1. The van der Waals surface area contributed by atoms with Gasteiger partial charge in [0.1, 0.15) is 0 Å². The van der Waals surface area contributed by atoms with Crippen LogP contribution in [0.15, 0.2) is 18.2 Å². The van der Waals surface area contributed by atoms with E-state index in [4.69, 9.17) is 5.73 Å². The summed E-state index contributed by atoms with van der Waals surface area (Å²) in [5, 5.41) is 3.10. The minimum Gasteiger partial charge on any atom is -0.368 e. The number of hydrogen-bond donors (Lipinski definition) is 2. The lowest BCUT2D eigenvalue weighted by Gasteiger charge is -2.20. The standard InChI is InChI=1S/C12H19N3O/c1-9-6-10(7-14-2)4-5-11(9)15(3)8-12(13)16/h4-6,14H,7-8H2,1-3H3,(H2,13,16). The van der Waals surface area contributed by atoms with Gasteiger partial charge in [-0.3, -0.25) is 4.79 Å². The summed E-state index contributed by atoms with van der Waals surface area (Å²) in [5.74, 6) is -0.318. The number of amides is 1. The van der Waals surface area contributed by atoms with Gasteiger partial charge < -0.3 is 16.0 Å². The Balaban J connectivity index is 2.85. The molecule has 0 aromatic heterocycles. The van der Waals surface area contributed by atoms with E-state index in [0.717, 1.165) is 17.8 Å². The molecule has 1 aromatic rings. The summed E-state index contributed by atoms with van der Waals surface area (Å²) in [6.45, 7) is 3.12. The van der Waals surface area contributed by atoms with Crippen LogP contribution in [0.1, 0.15) is 11.1 Å². The first-order valence-corrected chi connectivity index (χ1v) is 5.28. The van der Waals surface area contributed by atoms with Crippen molar-refractivity contribution in [3.63, 3.8) is 0 Å². The molecule has 88 valence electrons. The highest BCUT2D eigenvalue weighted by atomic mass is 16.1. The van der Waals surface area contributed by atoms with Crippen molar-refractivity contribution in [2.45, 2.75) is 13.5 Å². The van der Waals surface area contributed by atoms with Crippen LogP contribution in [0.2, 0.25) is 0 Å². The van der Waals surface area contributed by atoms with Crippen LogP contribution in [-0.2, 0) is 11.3 Å². The number of benzene rings is 1. The number of carbonyl (C=O) groups is 1. The fourth-order valence-electron chi connectivity index (χ4n) is 1.78. The number of primary amides is 1. The maximum atomic E-state index is 10.8. The highest BCUT2D eigenvalue weighted by Crippen LogP contribution is 2.19. The van der Waals surface area contributed by atoms with Crippen LogP contribution in [0, 0.1) is 6.92 Å². The fourth-order valence-corrected chi connectivity index (χ4v) is 1.78. The van der Waals surface area contributed by atoms with E-state index >= 15 is 0 Å². The normalized spacial score (nSPS) is 10.2. The number of nitrogens with one attached hydrogen (secondary N) is 1. The fraction of sp³-hybridized carbons (Fsp3) is 0.417. The predicted octanol–water partition coefficient (Wildman–Crippen LogP) is 0.636. The van der Waals surface area contributed by atoms with E-state index in [2.05, 4.69) is 17.4 Å². The summed E-state index contributed by atoms with van der Waals surface area (Å²) >= 11 is 0. The topological polar surface area (TPSA) is 58.4 Å². The molecule has 1 amide bonds. The van der Waals surface area contributed by atoms with Crippen LogP contribution in [0.4, 0.5) is 5.69 Å². The van der Waals surface area contributed by atoms with Gasteiger partial charge in [0.05, 0.1) is 6.54 Å². The zero-order valence-corrected chi connectivity index (χ0v) is 10.1. The van der Waals surface area contributed by atoms with Gasteiger partial charge in [-0.15, -0.1) is 0 Å². The largest absolute Gasteiger partial charge is 0.368 e. The van der Waals surface area contributed by atoms with Crippen LogP contribution in [0.5, 0.6) is 0 Å². The Morgan fingerprint density at radius 1 is 1.50 bits per heavy atom. The Bertz CT molecular complexity index is 377. The highest BCUT2D eigenvalue weighted by molar-refractivity contribution is 5.79. The maximum Gasteiger partial charge on any atom is 0.236 e. The first kappa shape index (κ1) is 12.5. The Morgan fingerprint density at radius 3 is 2.69 bits per heavy atom. The Labute approximate surface area is 96.4 Å². The summed E-state index contributed by atoms with van der Waals surface area (Å²) < 4.78 is 0. The lowest BCUT2D eigenvalue weighted by atomic mass is 10.1. The quantitative estimate of drug-likeness (QED) is 0.767. The van der Waals surface area contributed by atoms with Gasteiger partial charge in [0.2, 0.25) is 5.91 Å². The monoisotopic (exact) mass is 221 g/mol. The van der Waals surface area contributed by atoms with E-state index in [9.17, 15) is 4.79 Å². The van der Waals surface area contributed by atoms with E-state index in [1.165, 1.54) is 5.56 Å². The number of anilines is 1. The average Bonchev–Trinajstić information content (AvgIpc) is 2.16. The van der Waals surface area contributed by atoms with Gasteiger partial charge in [-0.05, 0) is 31.2 Å². The number of nitrogens with two attached hydrogens (primary N) is 1. The molecule has 0 saturated carbocycles. The first-order valence-electron chi connectivity index (χ1n) is 5.28. The summed E-state index contributed by atoms with van der Waals surface area (Å²) in [6, 6.07) is 6.19. The molecule has 1 aromatic carbocycles. The Morgan fingerprint density at radius 2 is 2.19 bits per heavy atom. The molecule has 0 aliphatic heterocycles. The predicted molar refractivity (Wildman–Crippen MR) is 66.4 cm³/mol. The molecule has 0 atom stereocenters. The molecule has 3 N–H and O–H groups in total. The molecule has 4 nitrogen and oxygen atoms in total. The van der Waals surface area contributed by atoms with Crippen molar-refractivity contribution in [2.24, 2.45) is 5.73 Å². The molecular formula is C12H19N3O. The summed E-state index contributed by atoms with van der Waals surface area (Å²) in [6.07, 6.45) is 0. The first-order chi connectivity index (χ1) is 7.54. The van der Waals surface area contributed by atoms with Crippen LogP contribution in [-0.4, -0.2) is 26.5 Å². The second kappa shape index (κ2) is 5.51. The number of hydrogen-bond acceptors (Lipinski definition) is 3. The molecule has 0 spiro atoms. The second-order valence-electron chi connectivity index (χ2n) is 3.97. The van der Waals surface area contributed by atoms with Crippen molar-refractivity contribution in [3.05, 3.63) is 29.3 Å². The molecule has 0 radical (unpaired) electrons. The van der Waals surface area contributed by atoms with Gasteiger partial charge >= 0.3 is 0 Å². The third kappa shape index (κ3) is 3.24. The highest BCUT2D eigenvalue weighted by Gasteiger charge is 2.07. The van der Waals surface area contributed by atoms with Crippen molar-refractivity contribution in [2.75, 3.05) is 25.5 Å².